The predicted octanol–water partition coefficient (Wildman–Crippen LogP) is 2.49. The smallest absolute Gasteiger partial charge is 0.255 e. The summed E-state index contributed by atoms with van der Waals surface area (Å²) in [7, 11) is 0. The molecule has 0 saturated heterocycles. The Labute approximate surface area is 124 Å². The molecule has 5 nitrogen and oxygen atoms in total. The van der Waals surface area contributed by atoms with Crippen molar-refractivity contribution >= 4 is 11.6 Å². The Morgan fingerprint density at radius 3 is 2.57 bits per heavy atom. The van der Waals surface area contributed by atoms with Crippen molar-refractivity contribution in [2.24, 2.45) is 0 Å². The highest BCUT2D eigenvalue weighted by Crippen LogP contribution is 2.31. The van der Waals surface area contributed by atoms with Crippen molar-refractivity contribution in [3.63, 3.8) is 0 Å². The zero-order valence-corrected chi connectivity index (χ0v) is 12.8. The molecule has 2 N–H and O–H groups in total. The fraction of sp³-hybridized carbons (Fsp3) is 0.714. The first kappa shape index (κ1) is 17.6. The van der Waals surface area contributed by atoms with Gasteiger partial charge in [-0.1, -0.05) is 20.8 Å². The number of aromatic nitrogens is 2. The van der Waals surface area contributed by atoms with Gasteiger partial charge in [0.05, 0.1) is 13.2 Å². The predicted molar refractivity (Wildman–Crippen MR) is 80.2 cm³/mol. The molecular weight excluding hydrogens is 278 g/mol. The van der Waals surface area contributed by atoms with E-state index in [-0.39, 0.29) is 19.1 Å². The van der Waals surface area contributed by atoms with Crippen LogP contribution in [-0.2, 0) is 0 Å². The minimum Gasteiger partial charge on any atom is -0.395 e. The lowest BCUT2D eigenvalue weighted by Gasteiger charge is -2.27. The number of nitrogens with one attached hydrogen (secondary N) is 1. The number of nitrogens with zero attached hydrogens (tertiary/aromatic N) is 3. The number of halogens is 2. The van der Waals surface area contributed by atoms with Crippen molar-refractivity contribution in [3.05, 3.63) is 11.9 Å². The molecule has 1 heterocycles. The quantitative estimate of drug-likeness (QED) is 0.734. The van der Waals surface area contributed by atoms with Gasteiger partial charge in [0, 0.05) is 18.7 Å². The van der Waals surface area contributed by atoms with E-state index in [1.54, 1.807) is 0 Å². The molecule has 0 aliphatic carbocycles. The van der Waals surface area contributed by atoms with Gasteiger partial charge in [0.2, 0.25) is 0 Å². The lowest BCUT2D eigenvalue weighted by Crippen LogP contribution is -2.33. The molecule has 120 valence electrons. The molecule has 21 heavy (non-hydrogen) atoms. The molecule has 1 rings (SSSR count). The van der Waals surface area contributed by atoms with Crippen molar-refractivity contribution in [1.29, 1.82) is 0 Å². The number of aliphatic hydroxyl groups excluding tert-OH is 1. The normalized spacial score (nSPS) is 11.2. The molecule has 0 spiro atoms. The Balaban J connectivity index is 3.18. The summed E-state index contributed by atoms with van der Waals surface area (Å²) >= 11 is 0. The number of aliphatic hydroxyl groups is 1. The van der Waals surface area contributed by atoms with Crippen LogP contribution in [-0.4, -0.2) is 47.7 Å². The largest absolute Gasteiger partial charge is 0.395 e. The van der Waals surface area contributed by atoms with E-state index in [0.717, 1.165) is 18.5 Å². The second-order valence-corrected chi connectivity index (χ2v) is 5.10. The zero-order valence-electron chi connectivity index (χ0n) is 12.8. The SMILES string of the molecule is CCCNc1ncnc(N(CCO)CC(F)F)c1C(C)C. The Morgan fingerprint density at radius 1 is 1.33 bits per heavy atom. The van der Waals surface area contributed by atoms with E-state index in [4.69, 9.17) is 5.11 Å². The van der Waals surface area contributed by atoms with E-state index in [1.165, 1.54) is 11.2 Å². The average Bonchev–Trinajstić information content (AvgIpc) is 2.43. The Morgan fingerprint density at radius 2 is 2.05 bits per heavy atom. The Kier molecular flexibility index (Phi) is 7.28. The van der Waals surface area contributed by atoms with E-state index in [9.17, 15) is 8.78 Å². The highest BCUT2D eigenvalue weighted by Gasteiger charge is 2.21. The van der Waals surface area contributed by atoms with Gasteiger partial charge >= 0.3 is 0 Å². The van der Waals surface area contributed by atoms with Gasteiger partial charge in [0.1, 0.15) is 18.0 Å². The summed E-state index contributed by atoms with van der Waals surface area (Å²) in [5, 5.41) is 12.3. The summed E-state index contributed by atoms with van der Waals surface area (Å²) in [6.45, 7) is 6.20. The molecule has 0 amide bonds. The van der Waals surface area contributed by atoms with Crippen LogP contribution in [0.5, 0.6) is 0 Å². The summed E-state index contributed by atoms with van der Waals surface area (Å²) in [5.41, 5.74) is 0.806. The van der Waals surface area contributed by atoms with Crippen LogP contribution in [0.3, 0.4) is 0 Å². The summed E-state index contributed by atoms with van der Waals surface area (Å²) in [4.78, 5) is 9.81. The van der Waals surface area contributed by atoms with Crippen LogP contribution in [0.2, 0.25) is 0 Å². The number of hydrogen-bond acceptors (Lipinski definition) is 5. The lowest BCUT2D eigenvalue weighted by atomic mass is 10.0. The van der Waals surface area contributed by atoms with Crippen LogP contribution in [0.4, 0.5) is 20.4 Å². The maximum atomic E-state index is 12.7. The monoisotopic (exact) mass is 302 g/mol. The van der Waals surface area contributed by atoms with E-state index >= 15 is 0 Å². The molecular formula is C14H24F2N4O. The fourth-order valence-electron chi connectivity index (χ4n) is 2.13. The minimum absolute atomic E-state index is 0.0828. The molecule has 0 saturated carbocycles. The third kappa shape index (κ3) is 5.08. The summed E-state index contributed by atoms with van der Waals surface area (Å²) in [5.74, 6) is 1.22. The fourth-order valence-corrected chi connectivity index (χ4v) is 2.13. The zero-order chi connectivity index (χ0) is 15.8. The molecule has 1 aromatic heterocycles. The summed E-state index contributed by atoms with van der Waals surface area (Å²) in [6, 6.07) is 0. The second-order valence-electron chi connectivity index (χ2n) is 5.10. The number of rotatable bonds is 9. The Bertz CT molecular complexity index is 429. The summed E-state index contributed by atoms with van der Waals surface area (Å²) in [6.07, 6.45) is -0.179. The van der Waals surface area contributed by atoms with Crippen molar-refractivity contribution in [1.82, 2.24) is 9.97 Å². The summed E-state index contributed by atoms with van der Waals surface area (Å²) < 4.78 is 25.5. The van der Waals surface area contributed by atoms with Gasteiger partial charge in [-0.2, -0.15) is 0 Å². The van der Waals surface area contributed by atoms with Gasteiger partial charge < -0.3 is 15.3 Å². The number of anilines is 2. The van der Waals surface area contributed by atoms with Gasteiger partial charge in [-0.3, -0.25) is 0 Å². The average molecular weight is 302 g/mol. The molecule has 7 heteroatoms. The first-order valence-corrected chi connectivity index (χ1v) is 7.23. The minimum atomic E-state index is -2.49. The Hall–Kier alpha value is -1.50. The van der Waals surface area contributed by atoms with Crippen LogP contribution < -0.4 is 10.2 Å². The molecule has 0 fully saturated rings. The molecule has 0 radical (unpaired) electrons. The first-order valence-electron chi connectivity index (χ1n) is 7.23. The van der Waals surface area contributed by atoms with Crippen LogP contribution in [0.15, 0.2) is 6.33 Å². The standard InChI is InChI=1S/C14H24F2N4O/c1-4-5-17-13-12(10(2)3)14(19-9-18-13)20(6-7-21)8-11(15)16/h9-11,21H,4-8H2,1-3H3,(H,17,18,19). The first-order chi connectivity index (χ1) is 10.0. The second kappa shape index (κ2) is 8.71. The number of alkyl halides is 2. The van der Waals surface area contributed by atoms with Crippen LogP contribution >= 0.6 is 0 Å². The molecule has 0 aromatic carbocycles. The van der Waals surface area contributed by atoms with Gasteiger partial charge in [0.25, 0.3) is 6.43 Å². The highest BCUT2D eigenvalue weighted by molar-refractivity contribution is 5.60. The molecule has 0 aliphatic rings. The van der Waals surface area contributed by atoms with Gasteiger partial charge in [0.15, 0.2) is 0 Å². The number of hydrogen-bond donors (Lipinski definition) is 2. The van der Waals surface area contributed by atoms with E-state index in [1.807, 2.05) is 20.8 Å². The topological polar surface area (TPSA) is 61.3 Å². The van der Waals surface area contributed by atoms with E-state index in [0.29, 0.717) is 11.6 Å². The van der Waals surface area contributed by atoms with Gasteiger partial charge in [-0.05, 0) is 12.3 Å². The molecule has 1 aromatic rings. The van der Waals surface area contributed by atoms with Crippen LogP contribution in [0.1, 0.15) is 38.7 Å². The van der Waals surface area contributed by atoms with Crippen LogP contribution in [0, 0.1) is 0 Å². The van der Waals surface area contributed by atoms with Crippen molar-refractivity contribution < 1.29 is 13.9 Å². The van der Waals surface area contributed by atoms with Crippen molar-refractivity contribution in [3.8, 4) is 0 Å². The van der Waals surface area contributed by atoms with Gasteiger partial charge in [-0.15, -0.1) is 0 Å². The highest BCUT2D eigenvalue weighted by atomic mass is 19.3. The maximum absolute atomic E-state index is 12.7. The van der Waals surface area contributed by atoms with Crippen molar-refractivity contribution in [2.75, 3.05) is 36.5 Å². The van der Waals surface area contributed by atoms with Crippen molar-refractivity contribution in [2.45, 2.75) is 39.5 Å². The third-order valence-corrected chi connectivity index (χ3v) is 3.01. The van der Waals surface area contributed by atoms with Gasteiger partial charge in [-0.25, -0.2) is 18.7 Å². The molecule has 0 bridgehead atoms. The maximum Gasteiger partial charge on any atom is 0.255 e. The van der Waals surface area contributed by atoms with E-state index < -0.39 is 13.0 Å². The van der Waals surface area contributed by atoms with Crippen LogP contribution in [0.25, 0.3) is 0 Å². The molecule has 0 aliphatic heterocycles. The lowest BCUT2D eigenvalue weighted by molar-refractivity contribution is 0.152. The molecule has 0 unspecified atom stereocenters. The van der Waals surface area contributed by atoms with E-state index in [2.05, 4.69) is 15.3 Å². The molecule has 0 atom stereocenters. The third-order valence-electron chi connectivity index (χ3n) is 3.01.